The normalized spacial score (nSPS) is 15.2. The summed E-state index contributed by atoms with van der Waals surface area (Å²) in [5, 5.41) is 5.51. The van der Waals surface area contributed by atoms with E-state index >= 15 is 0 Å². The average Bonchev–Trinajstić information content (AvgIpc) is 3.29. The Morgan fingerprint density at radius 3 is 2.57 bits per heavy atom. The molecule has 0 bridgehead atoms. The van der Waals surface area contributed by atoms with E-state index in [1.165, 1.54) is 17.2 Å². The van der Waals surface area contributed by atoms with Gasteiger partial charge in [-0.1, -0.05) is 12.1 Å². The van der Waals surface area contributed by atoms with Crippen LogP contribution in [0.5, 0.6) is 5.75 Å². The van der Waals surface area contributed by atoms with E-state index in [0.717, 1.165) is 0 Å². The van der Waals surface area contributed by atoms with Crippen molar-refractivity contribution in [3.63, 3.8) is 0 Å². The molecule has 152 valence electrons. The molecule has 1 atom stereocenters. The van der Waals surface area contributed by atoms with Gasteiger partial charge in [-0.15, -0.1) is 0 Å². The number of rotatable bonds is 5. The molecule has 30 heavy (non-hydrogen) atoms. The van der Waals surface area contributed by atoms with Crippen LogP contribution in [0.4, 0.5) is 17.1 Å². The minimum atomic E-state index is -1.03. The Hall–Kier alpha value is -4.07. The predicted octanol–water partition coefficient (Wildman–Crippen LogP) is 3.28. The lowest BCUT2D eigenvalue weighted by Crippen LogP contribution is -2.52. The van der Waals surface area contributed by atoms with E-state index in [1.807, 2.05) is 0 Å². The lowest BCUT2D eigenvalue weighted by Gasteiger charge is -2.35. The van der Waals surface area contributed by atoms with Crippen LogP contribution >= 0.6 is 0 Å². The van der Waals surface area contributed by atoms with Gasteiger partial charge < -0.3 is 19.8 Å². The van der Waals surface area contributed by atoms with Crippen molar-refractivity contribution in [2.45, 2.75) is 12.5 Å². The molecule has 3 amide bonds. The van der Waals surface area contributed by atoms with E-state index in [9.17, 15) is 14.4 Å². The smallest absolute Gasteiger partial charge is 0.294 e. The Balaban J connectivity index is 1.60. The molecule has 2 N–H and O–H groups in total. The molecule has 0 aliphatic carbocycles. The minimum Gasteiger partial charge on any atom is -0.497 e. The van der Waals surface area contributed by atoms with Gasteiger partial charge in [-0.05, 0) is 48.5 Å². The van der Waals surface area contributed by atoms with Gasteiger partial charge in [-0.25, -0.2) is 0 Å². The molecule has 1 aliphatic heterocycles. The molecule has 8 heteroatoms. The molecule has 8 nitrogen and oxygen atoms in total. The summed E-state index contributed by atoms with van der Waals surface area (Å²) in [5.41, 5.74) is 1.55. The average molecular weight is 405 g/mol. The van der Waals surface area contributed by atoms with Crippen LogP contribution in [0.2, 0.25) is 0 Å². The summed E-state index contributed by atoms with van der Waals surface area (Å²) in [4.78, 5) is 39.8. The third-order valence-electron chi connectivity index (χ3n) is 4.74. The van der Waals surface area contributed by atoms with Gasteiger partial charge >= 0.3 is 0 Å². The summed E-state index contributed by atoms with van der Waals surface area (Å²) >= 11 is 0. The summed E-state index contributed by atoms with van der Waals surface area (Å²) in [5.74, 6) is -0.605. The Labute approximate surface area is 172 Å². The number of benzene rings is 2. The monoisotopic (exact) mass is 405 g/mol. The maximum atomic E-state index is 13.1. The van der Waals surface area contributed by atoms with Gasteiger partial charge in [0.25, 0.3) is 5.91 Å². The summed E-state index contributed by atoms with van der Waals surface area (Å²) in [6.45, 7) is 0. The topological polar surface area (TPSA) is 101 Å². The van der Waals surface area contributed by atoms with Crippen LogP contribution in [0.15, 0.2) is 71.3 Å². The zero-order chi connectivity index (χ0) is 21.1. The number of anilines is 3. The lowest BCUT2D eigenvalue weighted by molar-refractivity contribution is -0.122. The van der Waals surface area contributed by atoms with E-state index in [0.29, 0.717) is 22.8 Å². The first-order valence-electron chi connectivity index (χ1n) is 9.27. The van der Waals surface area contributed by atoms with Crippen molar-refractivity contribution in [3.8, 4) is 5.75 Å². The Morgan fingerprint density at radius 2 is 1.87 bits per heavy atom. The minimum absolute atomic E-state index is 0.0834. The number of furan rings is 1. The number of nitrogens with one attached hydrogen (secondary N) is 2. The van der Waals surface area contributed by atoms with E-state index in [1.54, 1.807) is 61.7 Å². The first-order valence-corrected chi connectivity index (χ1v) is 9.27. The molecule has 2 aromatic carbocycles. The number of amides is 3. The molecule has 1 aliphatic rings. The van der Waals surface area contributed by atoms with Crippen molar-refractivity contribution in [1.82, 2.24) is 0 Å². The number of ether oxygens (including phenoxy) is 1. The highest BCUT2D eigenvalue weighted by molar-refractivity contribution is 6.17. The predicted molar refractivity (Wildman–Crippen MR) is 111 cm³/mol. The third-order valence-corrected chi connectivity index (χ3v) is 4.74. The van der Waals surface area contributed by atoms with Gasteiger partial charge in [0.1, 0.15) is 11.8 Å². The van der Waals surface area contributed by atoms with Gasteiger partial charge in [-0.2, -0.15) is 0 Å². The fourth-order valence-corrected chi connectivity index (χ4v) is 3.31. The zero-order valence-electron chi connectivity index (χ0n) is 16.1. The van der Waals surface area contributed by atoms with E-state index < -0.39 is 23.8 Å². The highest BCUT2D eigenvalue weighted by Gasteiger charge is 2.39. The lowest BCUT2D eigenvalue weighted by atomic mass is 10.0. The SMILES string of the molecule is COc1ccc(NC(=O)C[C@H]2C(=O)Nc3ccccc3N2C(=O)c2ccco2)cc1. The second-order valence-electron chi connectivity index (χ2n) is 6.66. The van der Waals surface area contributed by atoms with E-state index in [4.69, 9.17) is 9.15 Å². The van der Waals surface area contributed by atoms with Crippen molar-refractivity contribution in [1.29, 1.82) is 0 Å². The number of fused-ring (bicyclic) bond motifs is 1. The zero-order valence-corrected chi connectivity index (χ0v) is 16.1. The van der Waals surface area contributed by atoms with Crippen LogP contribution in [0.3, 0.4) is 0 Å². The van der Waals surface area contributed by atoms with Crippen LogP contribution in [-0.2, 0) is 9.59 Å². The fraction of sp³-hybridized carbons (Fsp3) is 0.136. The van der Waals surface area contributed by atoms with Crippen LogP contribution in [-0.4, -0.2) is 30.9 Å². The third kappa shape index (κ3) is 3.75. The first-order chi connectivity index (χ1) is 14.6. The van der Waals surface area contributed by atoms with Gasteiger partial charge in [-0.3, -0.25) is 19.3 Å². The maximum absolute atomic E-state index is 13.1. The molecule has 0 spiro atoms. The van der Waals surface area contributed by atoms with Crippen molar-refractivity contribution in [2.24, 2.45) is 0 Å². The first kappa shape index (κ1) is 19.3. The largest absolute Gasteiger partial charge is 0.497 e. The Bertz CT molecular complexity index is 1080. The number of methoxy groups -OCH3 is 1. The number of nitrogens with zero attached hydrogens (tertiary/aromatic N) is 1. The van der Waals surface area contributed by atoms with E-state index in [2.05, 4.69) is 10.6 Å². The summed E-state index contributed by atoms with van der Waals surface area (Å²) < 4.78 is 10.3. The van der Waals surface area contributed by atoms with Gasteiger partial charge in [0.05, 0.1) is 31.2 Å². The van der Waals surface area contributed by atoms with Crippen molar-refractivity contribution in [2.75, 3.05) is 22.6 Å². The second kappa shape index (κ2) is 8.12. The van der Waals surface area contributed by atoms with Crippen LogP contribution in [0.1, 0.15) is 17.0 Å². The highest BCUT2D eigenvalue weighted by atomic mass is 16.5. The van der Waals surface area contributed by atoms with Crippen molar-refractivity contribution >= 4 is 34.8 Å². The number of carbonyl (C=O) groups is 3. The molecule has 1 aromatic heterocycles. The summed E-state index contributed by atoms with van der Waals surface area (Å²) in [6, 6.07) is 15.8. The number of hydrogen-bond donors (Lipinski definition) is 2. The molecular weight excluding hydrogens is 386 g/mol. The molecule has 4 rings (SSSR count). The van der Waals surface area contributed by atoms with E-state index in [-0.39, 0.29) is 12.2 Å². The summed E-state index contributed by atoms with van der Waals surface area (Å²) in [6.07, 6.45) is 1.16. The molecule has 0 unspecified atom stereocenters. The van der Waals surface area contributed by atoms with Gasteiger partial charge in [0.15, 0.2) is 5.76 Å². The Kier molecular flexibility index (Phi) is 5.21. The number of para-hydroxylation sites is 2. The fourth-order valence-electron chi connectivity index (χ4n) is 3.31. The van der Waals surface area contributed by atoms with Gasteiger partial charge in [0.2, 0.25) is 11.8 Å². The molecule has 0 radical (unpaired) electrons. The molecule has 0 saturated carbocycles. The highest BCUT2D eigenvalue weighted by Crippen LogP contribution is 2.34. The van der Waals surface area contributed by atoms with Crippen LogP contribution < -0.4 is 20.3 Å². The Morgan fingerprint density at radius 1 is 1.10 bits per heavy atom. The van der Waals surface area contributed by atoms with Gasteiger partial charge in [0, 0.05) is 5.69 Å². The molecule has 0 fully saturated rings. The standard InChI is InChI=1S/C22H19N3O5/c1-29-15-10-8-14(9-11-15)23-20(26)13-18-21(27)24-16-5-2-3-6-17(16)25(18)22(28)19-7-4-12-30-19/h2-12,18H,13H2,1H3,(H,23,26)(H,24,27)/t18-/m0/s1. The second-order valence-corrected chi connectivity index (χ2v) is 6.66. The summed E-state index contributed by atoms with van der Waals surface area (Å²) in [7, 11) is 1.55. The molecule has 3 aromatic rings. The maximum Gasteiger partial charge on any atom is 0.294 e. The quantitative estimate of drug-likeness (QED) is 0.678. The van der Waals surface area contributed by atoms with Crippen molar-refractivity contribution in [3.05, 3.63) is 72.7 Å². The van der Waals surface area contributed by atoms with Crippen LogP contribution in [0, 0.1) is 0 Å². The number of hydrogen-bond acceptors (Lipinski definition) is 5. The molecule has 2 heterocycles. The van der Waals surface area contributed by atoms with Crippen molar-refractivity contribution < 1.29 is 23.5 Å². The number of carbonyl (C=O) groups excluding carboxylic acids is 3. The molecular formula is C22H19N3O5. The molecule has 0 saturated heterocycles. The van der Waals surface area contributed by atoms with Crippen LogP contribution in [0.25, 0.3) is 0 Å².